The van der Waals surface area contributed by atoms with Crippen LogP contribution >= 0.6 is 0 Å². The van der Waals surface area contributed by atoms with Crippen molar-refractivity contribution in [3.8, 4) is 23.0 Å². The second-order valence-electron chi connectivity index (χ2n) is 6.98. The molecule has 0 spiro atoms. The van der Waals surface area contributed by atoms with Gasteiger partial charge in [0.25, 0.3) is 0 Å². The molecular formula is C21H23NO5. The van der Waals surface area contributed by atoms with E-state index in [0.29, 0.717) is 43.2 Å². The third kappa shape index (κ3) is 3.32. The van der Waals surface area contributed by atoms with Crippen molar-refractivity contribution in [3.63, 3.8) is 0 Å². The molecule has 0 saturated heterocycles. The highest BCUT2D eigenvalue weighted by Crippen LogP contribution is 2.38. The lowest BCUT2D eigenvalue weighted by Gasteiger charge is -2.24. The van der Waals surface area contributed by atoms with Crippen LogP contribution in [0.3, 0.4) is 0 Å². The Kier molecular flexibility index (Phi) is 4.66. The lowest BCUT2D eigenvalue weighted by atomic mass is 9.93. The molecule has 2 aliphatic rings. The van der Waals surface area contributed by atoms with Crippen LogP contribution in [0.2, 0.25) is 0 Å². The van der Waals surface area contributed by atoms with Gasteiger partial charge in [0.05, 0.1) is 14.2 Å². The minimum Gasteiger partial charge on any atom is -0.493 e. The van der Waals surface area contributed by atoms with Gasteiger partial charge in [-0.1, -0.05) is 6.07 Å². The van der Waals surface area contributed by atoms with Gasteiger partial charge in [-0.3, -0.25) is 9.69 Å². The molecular weight excluding hydrogens is 346 g/mol. The Labute approximate surface area is 158 Å². The van der Waals surface area contributed by atoms with Crippen molar-refractivity contribution in [2.75, 3.05) is 28.1 Å². The molecule has 142 valence electrons. The average Bonchev–Trinajstić information content (AvgIpc) is 3.09. The molecule has 0 aliphatic carbocycles. The Hall–Kier alpha value is -2.73. The number of nitrogens with zero attached hydrogens (tertiary/aromatic N) is 1. The standard InChI is InChI=1S/C21H23NO5/c1-22-10-15-9-20-19(26-12-27-20)8-14(15)7-16(23)6-13-4-5-18(24-2)21(25-3)17(13)11-22/h4-5,8-9H,6-7,10-12H2,1-3H3. The average molecular weight is 369 g/mol. The second-order valence-corrected chi connectivity index (χ2v) is 6.98. The summed E-state index contributed by atoms with van der Waals surface area (Å²) in [7, 11) is 5.31. The number of Topliss-reactive ketones (excluding diaryl/α,β-unsaturated/α-hetero) is 1. The Morgan fingerprint density at radius 1 is 0.926 bits per heavy atom. The molecule has 4 rings (SSSR count). The zero-order valence-electron chi connectivity index (χ0n) is 15.8. The molecule has 0 fully saturated rings. The van der Waals surface area contributed by atoms with E-state index in [0.717, 1.165) is 28.0 Å². The van der Waals surface area contributed by atoms with Gasteiger partial charge in [0.1, 0.15) is 5.78 Å². The highest BCUT2D eigenvalue weighted by molar-refractivity contribution is 5.84. The van der Waals surface area contributed by atoms with Crippen LogP contribution in [0.4, 0.5) is 0 Å². The predicted octanol–water partition coefficient (Wildman–Crippen LogP) is 2.73. The van der Waals surface area contributed by atoms with Crippen molar-refractivity contribution in [2.24, 2.45) is 0 Å². The molecule has 0 N–H and O–H groups in total. The van der Waals surface area contributed by atoms with Gasteiger partial charge in [-0.25, -0.2) is 0 Å². The quantitative estimate of drug-likeness (QED) is 0.811. The van der Waals surface area contributed by atoms with E-state index in [2.05, 4.69) is 11.9 Å². The molecule has 0 saturated carbocycles. The molecule has 0 atom stereocenters. The van der Waals surface area contributed by atoms with Crippen LogP contribution in [0.1, 0.15) is 22.3 Å². The minimum atomic E-state index is 0.160. The number of hydrogen-bond acceptors (Lipinski definition) is 6. The van der Waals surface area contributed by atoms with Crippen LogP contribution in [0.5, 0.6) is 23.0 Å². The highest BCUT2D eigenvalue weighted by Gasteiger charge is 2.24. The minimum absolute atomic E-state index is 0.160. The summed E-state index contributed by atoms with van der Waals surface area (Å²) in [6.45, 7) is 1.57. The molecule has 2 aromatic rings. The Morgan fingerprint density at radius 2 is 1.63 bits per heavy atom. The first-order chi connectivity index (χ1) is 13.1. The molecule has 2 aromatic carbocycles. The van der Waals surface area contributed by atoms with E-state index < -0.39 is 0 Å². The van der Waals surface area contributed by atoms with Gasteiger partial charge < -0.3 is 18.9 Å². The lowest BCUT2D eigenvalue weighted by Crippen LogP contribution is -2.23. The number of ketones is 1. The summed E-state index contributed by atoms with van der Waals surface area (Å²) in [6.07, 6.45) is 0.727. The predicted molar refractivity (Wildman–Crippen MR) is 99.7 cm³/mol. The number of carbonyl (C=O) groups excluding carboxylic acids is 1. The maximum atomic E-state index is 12.8. The number of fused-ring (bicyclic) bond motifs is 3. The van der Waals surface area contributed by atoms with Crippen molar-refractivity contribution in [2.45, 2.75) is 25.9 Å². The zero-order valence-corrected chi connectivity index (χ0v) is 15.8. The SMILES string of the molecule is COc1ccc2c(c1OC)CN(C)Cc1cc3c(cc1CC(=O)C2)OCO3. The van der Waals surface area contributed by atoms with E-state index in [1.54, 1.807) is 14.2 Å². The van der Waals surface area contributed by atoms with E-state index in [1.807, 2.05) is 24.3 Å². The van der Waals surface area contributed by atoms with Crippen molar-refractivity contribution >= 4 is 5.78 Å². The maximum Gasteiger partial charge on any atom is 0.231 e. The Bertz CT molecular complexity index is 893. The van der Waals surface area contributed by atoms with E-state index in [-0.39, 0.29) is 12.6 Å². The molecule has 2 heterocycles. The third-order valence-corrected chi connectivity index (χ3v) is 5.08. The van der Waals surface area contributed by atoms with E-state index in [1.165, 1.54) is 0 Å². The van der Waals surface area contributed by atoms with Crippen LogP contribution < -0.4 is 18.9 Å². The normalized spacial score (nSPS) is 16.5. The van der Waals surface area contributed by atoms with Gasteiger partial charge in [0.15, 0.2) is 23.0 Å². The van der Waals surface area contributed by atoms with Crippen LogP contribution in [0.25, 0.3) is 0 Å². The number of methoxy groups -OCH3 is 2. The van der Waals surface area contributed by atoms with Crippen LogP contribution in [-0.4, -0.2) is 38.7 Å². The summed E-state index contributed by atoms with van der Waals surface area (Å²) in [4.78, 5) is 15.0. The molecule has 6 heteroatoms. The zero-order chi connectivity index (χ0) is 19.0. The smallest absolute Gasteiger partial charge is 0.231 e. The number of hydrogen-bond donors (Lipinski definition) is 0. The maximum absolute atomic E-state index is 12.8. The van der Waals surface area contributed by atoms with Crippen LogP contribution in [-0.2, 0) is 30.7 Å². The Balaban J connectivity index is 1.76. The van der Waals surface area contributed by atoms with Gasteiger partial charge in [-0.05, 0) is 41.9 Å². The summed E-state index contributed by atoms with van der Waals surface area (Å²) in [5, 5.41) is 0. The van der Waals surface area contributed by atoms with Gasteiger partial charge in [0, 0.05) is 31.5 Å². The first-order valence-electron chi connectivity index (χ1n) is 8.93. The van der Waals surface area contributed by atoms with Crippen molar-refractivity contribution in [3.05, 3.63) is 46.5 Å². The van der Waals surface area contributed by atoms with Crippen molar-refractivity contribution in [1.82, 2.24) is 4.90 Å². The largest absolute Gasteiger partial charge is 0.493 e. The second kappa shape index (κ2) is 7.12. The van der Waals surface area contributed by atoms with Crippen LogP contribution in [0, 0.1) is 0 Å². The number of carbonyl (C=O) groups is 1. The summed E-state index contributed by atoms with van der Waals surface area (Å²) < 4.78 is 22.1. The fraction of sp³-hybridized carbons (Fsp3) is 0.381. The van der Waals surface area contributed by atoms with Crippen LogP contribution in [0.15, 0.2) is 24.3 Å². The number of ether oxygens (including phenoxy) is 4. The molecule has 0 radical (unpaired) electrons. The fourth-order valence-electron chi connectivity index (χ4n) is 3.81. The summed E-state index contributed by atoms with van der Waals surface area (Å²) in [5.41, 5.74) is 4.06. The highest BCUT2D eigenvalue weighted by atomic mass is 16.7. The molecule has 0 bridgehead atoms. The van der Waals surface area contributed by atoms with Gasteiger partial charge >= 0.3 is 0 Å². The monoisotopic (exact) mass is 369 g/mol. The first kappa shape index (κ1) is 17.7. The van der Waals surface area contributed by atoms with E-state index in [9.17, 15) is 4.79 Å². The van der Waals surface area contributed by atoms with Gasteiger partial charge in [-0.2, -0.15) is 0 Å². The number of benzene rings is 2. The first-order valence-corrected chi connectivity index (χ1v) is 8.93. The molecule has 0 aromatic heterocycles. The molecule has 0 amide bonds. The van der Waals surface area contributed by atoms with Gasteiger partial charge in [0.2, 0.25) is 6.79 Å². The van der Waals surface area contributed by atoms with Gasteiger partial charge in [-0.15, -0.1) is 0 Å². The van der Waals surface area contributed by atoms with Crippen molar-refractivity contribution < 1.29 is 23.7 Å². The fourth-order valence-corrected chi connectivity index (χ4v) is 3.81. The Morgan fingerprint density at radius 3 is 2.33 bits per heavy atom. The van der Waals surface area contributed by atoms with E-state index >= 15 is 0 Å². The summed E-state index contributed by atoms with van der Waals surface area (Å²) in [5.74, 6) is 2.99. The topological polar surface area (TPSA) is 57.2 Å². The summed E-state index contributed by atoms with van der Waals surface area (Å²) >= 11 is 0. The molecule has 2 aliphatic heterocycles. The number of rotatable bonds is 2. The lowest BCUT2D eigenvalue weighted by molar-refractivity contribution is -0.117. The molecule has 27 heavy (non-hydrogen) atoms. The van der Waals surface area contributed by atoms with E-state index in [4.69, 9.17) is 18.9 Å². The summed E-state index contributed by atoms with van der Waals surface area (Å²) in [6, 6.07) is 7.76. The molecule has 0 unspecified atom stereocenters. The molecule has 6 nitrogen and oxygen atoms in total. The third-order valence-electron chi connectivity index (χ3n) is 5.08. The van der Waals surface area contributed by atoms with Crippen molar-refractivity contribution in [1.29, 1.82) is 0 Å².